The second-order valence-electron chi connectivity index (χ2n) is 2.92. The third kappa shape index (κ3) is 3.81. The first-order chi connectivity index (χ1) is 5.58. The van der Waals surface area contributed by atoms with E-state index in [4.69, 9.17) is 4.74 Å². The van der Waals surface area contributed by atoms with Crippen molar-refractivity contribution < 1.29 is 17.7 Å². The zero-order chi connectivity index (χ0) is 9.03. The highest BCUT2D eigenvalue weighted by Crippen LogP contribution is 2.20. The van der Waals surface area contributed by atoms with Gasteiger partial charge in [0.05, 0.1) is 6.61 Å². The van der Waals surface area contributed by atoms with E-state index in [-0.39, 0.29) is 0 Å². The van der Waals surface area contributed by atoms with Crippen molar-refractivity contribution >= 4 is 6.98 Å². The van der Waals surface area contributed by atoms with Crippen molar-refractivity contribution in [2.75, 3.05) is 13.2 Å². The highest BCUT2D eigenvalue weighted by atomic mass is 19.4. The van der Waals surface area contributed by atoms with E-state index in [0.717, 1.165) is 0 Å². The van der Waals surface area contributed by atoms with Gasteiger partial charge in [-0.1, -0.05) is 0 Å². The minimum Gasteiger partial charge on any atom is -0.445 e. The first kappa shape index (κ1) is 9.64. The summed E-state index contributed by atoms with van der Waals surface area (Å²) in [6.07, 6.45) is 1.67. The van der Waals surface area contributed by atoms with Gasteiger partial charge in [0.1, 0.15) is 0 Å². The van der Waals surface area contributed by atoms with Crippen LogP contribution in [0.25, 0.3) is 0 Å². The van der Waals surface area contributed by atoms with E-state index < -0.39 is 6.98 Å². The Kier molecular flexibility index (Phi) is 3.20. The second-order valence-corrected chi connectivity index (χ2v) is 2.92. The van der Waals surface area contributed by atoms with Crippen LogP contribution in [0.2, 0.25) is 0 Å². The van der Waals surface area contributed by atoms with E-state index in [2.05, 4.69) is 0 Å². The molecule has 0 aromatic carbocycles. The largest absolute Gasteiger partial charge is 0.502 e. The quantitative estimate of drug-likeness (QED) is 0.561. The number of halogens is 3. The molecule has 1 nitrogen and oxygen atoms in total. The Morgan fingerprint density at radius 2 is 1.92 bits per heavy atom. The minimum atomic E-state index is -4.76. The van der Waals surface area contributed by atoms with Gasteiger partial charge in [-0.25, -0.2) is 0 Å². The Bertz CT molecular complexity index is 166. The van der Waals surface area contributed by atoms with Gasteiger partial charge in [-0.15, -0.1) is 11.5 Å². The van der Waals surface area contributed by atoms with Gasteiger partial charge in [0.25, 0.3) is 0 Å². The summed E-state index contributed by atoms with van der Waals surface area (Å²) in [6, 6.07) is 0. The number of rotatable bonds is 1. The van der Waals surface area contributed by atoms with Crippen LogP contribution >= 0.6 is 0 Å². The van der Waals surface area contributed by atoms with Crippen LogP contribution in [0.4, 0.5) is 12.9 Å². The molecule has 0 N–H and O–H groups in total. The van der Waals surface area contributed by atoms with Gasteiger partial charge in [0.2, 0.25) is 0 Å². The summed E-state index contributed by atoms with van der Waals surface area (Å²) < 4.78 is 40.8. The van der Waals surface area contributed by atoms with Crippen molar-refractivity contribution in [3.63, 3.8) is 0 Å². The molecule has 70 valence electrons. The fraction of sp³-hybridized carbons (Fsp3) is 0.714. The van der Waals surface area contributed by atoms with Crippen molar-refractivity contribution in [1.29, 1.82) is 0 Å². The van der Waals surface area contributed by atoms with E-state index in [9.17, 15) is 12.9 Å². The molecule has 0 spiro atoms. The summed E-state index contributed by atoms with van der Waals surface area (Å²) in [5, 5.41) is 0. The molecule has 1 heterocycles. The van der Waals surface area contributed by atoms with Gasteiger partial charge in [0, 0.05) is 6.61 Å². The number of hydrogen-bond acceptors (Lipinski definition) is 1. The van der Waals surface area contributed by atoms with Crippen LogP contribution in [0, 0.1) is 0 Å². The summed E-state index contributed by atoms with van der Waals surface area (Å²) in [6.45, 7) is -3.75. The Balaban J connectivity index is 2.53. The summed E-state index contributed by atoms with van der Waals surface area (Å²) in [7, 11) is 0. The fourth-order valence-electron chi connectivity index (χ4n) is 1.27. The molecule has 0 aromatic heterocycles. The third-order valence-electron chi connectivity index (χ3n) is 1.78. The zero-order valence-corrected chi connectivity index (χ0v) is 6.73. The lowest BCUT2D eigenvalue weighted by molar-refractivity contribution is 0.146. The summed E-state index contributed by atoms with van der Waals surface area (Å²) >= 11 is 0. The molecule has 0 amide bonds. The zero-order valence-electron chi connectivity index (χ0n) is 6.73. The summed E-state index contributed by atoms with van der Waals surface area (Å²) in [4.78, 5) is 0. The lowest BCUT2D eigenvalue weighted by Gasteiger charge is -2.11. The standard InChI is InChI=1S/C7H11BF3O/c9-8(10,11)6-7-2-1-4-12-5-3-7/h6H,1-5H2/q-1/b7-6-. The molecule has 0 aliphatic carbocycles. The molecular formula is C7H11BF3O-. The lowest BCUT2D eigenvalue weighted by Crippen LogP contribution is -2.12. The lowest BCUT2D eigenvalue weighted by atomic mass is 9.86. The average Bonchev–Trinajstić information content (AvgIpc) is 2.12. The molecule has 1 saturated heterocycles. The van der Waals surface area contributed by atoms with Gasteiger partial charge in [-0.3, -0.25) is 0 Å². The molecule has 1 rings (SSSR count). The van der Waals surface area contributed by atoms with E-state index >= 15 is 0 Å². The Morgan fingerprint density at radius 1 is 1.17 bits per heavy atom. The summed E-state index contributed by atoms with van der Waals surface area (Å²) in [5.41, 5.74) is 0.486. The molecule has 0 aromatic rings. The number of ether oxygens (including phenoxy) is 1. The van der Waals surface area contributed by atoms with Crippen LogP contribution in [-0.4, -0.2) is 20.2 Å². The molecule has 12 heavy (non-hydrogen) atoms. The molecule has 0 bridgehead atoms. The van der Waals surface area contributed by atoms with E-state index in [1.54, 1.807) is 0 Å². The maximum Gasteiger partial charge on any atom is 0.502 e. The van der Waals surface area contributed by atoms with Crippen LogP contribution in [0.3, 0.4) is 0 Å². The molecule has 1 aliphatic rings. The monoisotopic (exact) mass is 179 g/mol. The SMILES string of the molecule is F[B-](F)(F)/C=C1/CCCOCC1. The highest BCUT2D eigenvalue weighted by molar-refractivity contribution is 6.64. The van der Waals surface area contributed by atoms with E-state index in [0.29, 0.717) is 44.0 Å². The summed E-state index contributed by atoms with van der Waals surface area (Å²) in [5.74, 6) is 0.467. The van der Waals surface area contributed by atoms with Crippen molar-refractivity contribution in [2.24, 2.45) is 0 Å². The highest BCUT2D eigenvalue weighted by Gasteiger charge is 2.20. The van der Waals surface area contributed by atoms with E-state index in [1.165, 1.54) is 0 Å². The number of hydrogen-bond donors (Lipinski definition) is 0. The van der Waals surface area contributed by atoms with Gasteiger partial charge in [-0.2, -0.15) is 0 Å². The smallest absolute Gasteiger partial charge is 0.445 e. The van der Waals surface area contributed by atoms with Crippen molar-refractivity contribution in [1.82, 2.24) is 0 Å². The van der Waals surface area contributed by atoms with Gasteiger partial charge in [0.15, 0.2) is 0 Å². The van der Waals surface area contributed by atoms with Crippen LogP contribution < -0.4 is 0 Å². The first-order valence-corrected chi connectivity index (χ1v) is 4.06. The molecule has 0 atom stereocenters. The van der Waals surface area contributed by atoms with Crippen LogP contribution in [-0.2, 0) is 4.74 Å². The predicted molar refractivity (Wildman–Crippen MR) is 41.8 cm³/mol. The topological polar surface area (TPSA) is 9.23 Å². The van der Waals surface area contributed by atoms with Crippen molar-refractivity contribution in [3.05, 3.63) is 11.5 Å². The Morgan fingerprint density at radius 3 is 2.58 bits per heavy atom. The van der Waals surface area contributed by atoms with Crippen LogP contribution in [0.5, 0.6) is 0 Å². The third-order valence-corrected chi connectivity index (χ3v) is 1.78. The van der Waals surface area contributed by atoms with Gasteiger partial charge < -0.3 is 17.7 Å². The fourth-order valence-corrected chi connectivity index (χ4v) is 1.27. The molecule has 1 fully saturated rings. The van der Waals surface area contributed by atoms with Crippen molar-refractivity contribution in [2.45, 2.75) is 19.3 Å². The minimum absolute atomic E-state index is 0.429. The second kappa shape index (κ2) is 3.98. The normalized spacial score (nSPS) is 24.1. The Hall–Kier alpha value is -0.445. The first-order valence-electron chi connectivity index (χ1n) is 4.06. The van der Waals surface area contributed by atoms with Crippen LogP contribution in [0.1, 0.15) is 19.3 Å². The van der Waals surface area contributed by atoms with Crippen LogP contribution in [0.15, 0.2) is 11.5 Å². The molecule has 0 unspecified atom stereocenters. The molecule has 0 radical (unpaired) electrons. The molecule has 1 aliphatic heterocycles. The predicted octanol–water partition coefficient (Wildman–Crippen LogP) is 2.50. The molecule has 5 heteroatoms. The van der Waals surface area contributed by atoms with Crippen molar-refractivity contribution in [3.8, 4) is 0 Å². The van der Waals surface area contributed by atoms with E-state index in [1.807, 2.05) is 0 Å². The van der Waals surface area contributed by atoms with Gasteiger partial charge in [-0.05, 0) is 19.3 Å². The average molecular weight is 179 g/mol. The molecule has 0 saturated carbocycles. The molecular weight excluding hydrogens is 168 g/mol. The maximum absolute atomic E-state index is 11.9. The Labute approximate surface area is 69.6 Å². The van der Waals surface area contributed by atoms with Gasteiger partial charge >= 0.3 is 6.98 Å². The maximum atomic E-state index is 11.9.